The first-order valence-electron chi connectivity index (χ1n) is 12.6. The number of rotatable bonds is 7. The number of aromatic amines is 2. The average Bonchev–Trinajstić information content (AvgIpc) is 3.55. The van der Waals surface area contributed by atoms with Gasteiger partial charge in [-0.3, -0.25) is 19.9 Å². The van der Waals surface area contributed by atoms with Gasteiger partial charge in [-0.25, -0.2) is 4.39 Å². The lowest BCUT2D eigenvalue weighted by Gasteiger charge is -2.07. The molecule has 7 nitrogen and oxygen atoms in total. The number of hydrogen-bond donors (Lipinski definition) is 3. The molecule has 6 aromatic rings. The van der Waals surface area contributed by atoms with Crippen molar-refractivity contribution >= 4 is 33.4 Å². The Labute approximate surface area is 218 Å². The topological polar surface area (TPSA) is 99.4 Å². The molecule has 0 bridgehead atoms. The summed E-state index contributed by atoms with van der Waals surface area (Å²) < 4.78 is 13.9. The van der Waals surface area contributed by atoms with Gasteiger partial charge in [0.05, 0.1) is 35.0 Å². The fraction of sp³-hybridized carbons (Fsp3) is 0.133. The Morgan fingerprint density at radius 2 is 1.84 bits per heavy atom. The minimum atomic E-state index is -0.271. The minimum Gasteiger partial charge on any atom is -0.353 e. The van der Waals surface area contributed by atoms with Crippen LogP contribution in [0.15, 0.2) is 79.3 Å². The van der Waals surface area contributed by atoms with Gasteiger partial charge in [-0.2, -0.15) is 5.10 Å². The number of amides is 1. The number of H-pyrrole nitrogens is 2. The molecule has 38 heavy (non-hydrogen) atoms. The number of carbonyl (C=O) groups excluding carboxylic acids is 1. The Bertz CT molecular complexity index is 1790. The van der Waals surface area contributed by atoms with Gasteiger partial charge >= 0.3 is 0 Å². The summed E-state index contributed by atoms with van der Waals surface area (Å²) in [6.07, 6.45) is 7.39. The molecule has 0 aliphatic rings. The second-order valence-corrected chi connectivity index (χ2v) is 9.26. The van der Waals surface area contributed by atoms with E-state index in [-0.39, 0.29) is 11.7 Å². The number of unbranched alkanes of at least 4 members (excludes halogenated alkanes) is 1. The molecule has 4 aromatic heterocycles. The third-order valence-electron chi connectivity index (χ3n) is 6.58. The molecular weight excluding hydrogens is 479 g/mol. The lowest BCUT2D eigenvalue weighted by molar-refractivity contribution is -0.116. The van der Waals surface area contributed by atoms with Crippen molar-refractivity contribution in [2.75, 3.05) is 5.32 Å². The maximum absolute atomic E-state index is 13.9. The van der Waals surface area contributed by atoms with Crippen LogP contribution in [0.4, 0.5) is 10.1 Å². The Morgan fingerprint density at radius 1 is 0.947 bits per heavy atom. The van der Waals surface area contributed by atoms with Crippen molar-refractivity contribution in [3.05, 3.63) is 85.1 Å². The number of fused-ring (bicyclic) bond motifs is 2. The molecule has 0 atom stereocenters. The zero-order valence-electron chi connectivity index (χ0n) is 20.8. The fourth-order valence-electron chi connectivity index (χ4n) is 4.68. The first-order chi connectivity index (χ1) is 18.6. The third-order valence-corrected chi connectivity index (χ3v) is 6.58. The van der Waals surface area contributed by atoms with Crippen molar-refractivity contribution in [3.8, 4) is 33.8 Å². The highest BCUT2D eigenvalue weighted by Crippen LogP contribution is 2.35. The highest BCUT2D eigenvalue weighted by molar-refractivity contribution is 6.01. The molecule has 1 amide bonds. The number of hydrogen-bond acceptors (Lipinski definition) is 4. The smallest absolute Gasteiger partial charge is 0.224 e. The monoisotopic (exact) mass is 504 g/mol. The van der Waals surface area contributed by atoms with Gasteiger partial charge in [-0.05, 0) is 53.9 Å². The van der Waals surface area contributed by atoms with Crippen LogP contribution < -0.4 is 5.32 Å². The van der Waals surface area contributed by atoms with Crippen LogP contribution in [0.1, 0.15) is 26.2 Å². The van der Waals surface area contributed by atoms with Gasteiger partial charge in [0.15, 0.2) is 0 Å². The average molecular weight is 505 g/mol. The molecule has 0 radical (unpaired) electrons. The van der Waals surface area contributed by atoms with Crippen molar-refractivity contribution < 1.29 is 9.18 Å². The molecule has 0 fully saturated rings. The van der Waals surface area contributed by atoms with E-state index in [1.807, 2.05) is 42.5 Å². The second-order valence-electron chi connectivity index (χ2n) is 9.26. The van der Waals surface area contributed by atoms with E-state index in [2.05, 4.69) is 37.4 Å². The number of carbonyl (C=O) groups is 1. The van der Waals surface area contributed by atoms with E-state index in [0.29, 0.717) is 17.8 Å². The molecule has 188 valence electrons. The predicted molar refractivity (Wildman–Crippen MR) is 148 cm³/mol. The third kappa shape index (κ3) is 4.52. The van der Waals surface area contributed by atoms with Crippen molar-refractivity contribution in [3.63, 3.8) is 0 Å². The summed E-state index contributed by atoms with van der Waals surface area (Å²) in [7, 11) is 0. The first-order valence-corrected chi connectivity index (χ1v) is 12.6. The van der Waals surface area contributed by atoms with Gasteiger partial charge < -0.3 is 10.3 Å². The largest absolute Gasteiger partial charge is 0.353 e. The number of pyridine rings is 2. The summed E-state index contributed by atoms with van der Waals surface area (Å²) in [6, 6.07) is 18.4. The predicted octanol–water partition coefficient (Wildman–Crippen LogP) is 7.10. The van der Waals surface area contributed by atoms with E-state index in [9.17, 15) is 9.18 Å². The van der Waals surface area contributed by atoms with E-state index in [1.54, 1.807) is 24.7 Å². The van der Waals surface area contributed by atoms with Crippen LogP contribution in [0.2, 0.25) is 0 Å². The van der Waals surface area contributed by atoms with Gasteiger partial charge in [-0.15, -0.1) is 0 Å². The number of aromatic nitrogens is 5. The molecule has 0 aliphatic heterocycles. The van der Waals surface area contributed by atoms with Gasteiger partial charge in [0, 0.05) is 34.5 Å². The minimum absolute atomic E-state index is 0.0252. The van der Waals surface area contributed by atoms with Crippen LogP contribution in [0.25, 0.3) is 55.6 Å². The molecule has 2 aromatic carbocycles. The van der Waals surface area contributed by atoms with Crippen LogP contribution in [0, 0.1) is 5.82 Å². The Kier molecular flexibility index (Phi) is 6.13. The van der Waals surface area contributed by atoms with Gasteiger partial charge in [0.2, 0.25) is 5.91 Å². The van der Waals surface area contributed by atoms with Crippen molar-refractivity contribution in [1.82, 2.24) is 25.1 Å². The van der Waals surface area contributed by atoms with Crippen LogP contribution >= 0.6 is 0 Å². The highest BCUT2D eigenvalue weighted by atomic mass is 19.1. The molecule has 4 heterocycles. The lowest BCUT2D eigenvalue weighted by Crippen LogP contribution is -2.11. The van der Waals surface area contributed by atoms with E-state index < -0.39 is 0 Å². The standard InChI is InChI=1S/C30H25FN6O/c1-2-3-10-29(38)34-21-12-19(15-32-16-21)26-14-24-28(17-33-26)36-37-30(24)27-13-23-22(8-5-9-25(23)35-27)18-6-4-7-20(31)11-18/h4-9,11-17,35H,2-3,10H2,1H3,(H,34,38)(H,36,37). The van der Waals surface area contributed by atoms with Crippen LogP contribution in [-0.2, 0) is 4.79 Å². The molecular formula is C30H25FN6O. The van der Waals surface area contributed by atoms with E-state index in [0.717, 1.165) is 62.7 Å². The van der Waals surface area contributed by atoms with Gasteiger partial charge in [0.1, 0.15) is 11.5 Å². The van der Waals surface area contributed by atoms with Crippen molar-refractivity contribution in [1.29, 1.82) is 0 Å². The molecule has 0 saturated carbocycles. The maximum Gasteiger partial charge on any atom is 0.224 e. The molecule has 0 saturated heterocycles. The SMILES string of the molecule is CCCCC(=O)Nc1cncc(-c2cc3c(-c4cc5c(-c6cccc(F)c6)cccc5[nH]4)n[nH]c3cn2)c1. The lowest BCUT2D eigenvalue weighted by atomic mass is 10.0. The number of benzene rings is 2. The van der Waals surface area contributed by atoms with Crippen molar-refractivity contribution in [2.24, 2.45) is 0 Å². The number of halogens is 1. The van der Waals surface area contributed by atoms with Gasteiger partial charge in [-0.1, -0.05) is 37.6 Å². The zero-order chi connectivity index (χ0) is 26.1. The zero-order valence-corrected chi connectivity index (χ0v) is 20.8. The van der Waals surface area contributed by atoms with Crippen molar-refractivity contribution in [2.45, 2.75) is 26.2 Å². The summed E-state index contributed by atoms with van der Waals surface area (Å²) in [4.78, 5) is 24.5. The number of nitrogens with one attached hydrogen (secondary N) is 3. The van der Waals surface area contributed by atoms with E-state index in [1.165, 1.54) is 12.1 Å². The molecule has 6 rings (SSSR count). The van der Waals surface area contributed by atoms with Gasteiger partial charge in [0.25, 0.3) is 0 Å². The molecule has 3 N–H and O–H groups in total. The summed E-state index contributed by atoms with van der Waals surface area (Å²) in [5, 5.41) is 12.4. The number of anilines is 1. The maximum atomic E-state index is 13.9. The first kappa shape index (κ1) is 23.5. The van der Waals surface area contributed by atoms with Crippen LogP contribution in [-0.4, -0.2) is 31.1 Å². The highest BCUT2D eigenvalue weighted by Gasteiger charge is 2.15. The number of nitrogens with zero attached hydrogens (tertiary/aromatic N) is 3. The van der Waals surface area contributed by atoms with Crippen LogP contribution in [0.3, 0.4) is 0 Å². The summed E-state index contributed by atoms with van der Waals surface area (Å²) in [5.41, 5.74) is 7.21. The van der Waals surface area contributed by atoms with E-state index in [4.69, 9.17) is 0 Å². The second kappa shape index (κ2) is 9.89. The molecule has 0 spiro atoms. The molecule has 0 aliphatic carbocycles. The fourth-order valence-corrected chi connectivity index (χ4v) is 4.68. The Hall–Kier alpha value is -4.85. The summed E-state index contributed by atoms with van der Waals surface area (Å²) >= 11 is 0. The quantitative estimate of drug-likeness (QED) is 0.216. The Morgan fingerprint density at radius 3 is 2.71 bits per heavy atom. The Balaban J connectivity index is 1.37. The normalized spacial score (nSPS) is 11.3. The summed E-state index contributed by atoms with van der Waals surface area (Å²) in [6.45, 7) is 2.06. The summed E-state index contributed by atoms with van der Waals surface area (Å²) in [5.74, 6) is -0.296. The molecule has 0 unspecified atom stereocenters. The molecule has 8 heteroatoms. The van der Waals surface area contributed by atoms with E-state index >= 15 is 0 Å². The van der Waals surface area contributed by atoms with Crippen LogP contribution in [0.5, 0.6) is 0 Å².